The van der Waals surface area contributed by atoms with Gasteiger partial charge < -0.3 is 19.9 Å². The SMILES string of the molecule is CCS(=O)(=O)N(c1cccc(-c2sc(C(=O)O)c(OCC(=O)OC)c2Br)c1)C1CCNCC1. The van der Waals surface area contributed by atoms with Gasteiger partial charge in [0.05, 0.1) is 27.9 Å². The summed E-state index contributed by atoms with van der Waals surface area (Å²) >= 11 is 4.37. The summed E-state index contributed by atoms with van der Waals surface area (Å²) in [6.45, 7) is 2.65. The van der Waals surface area contributed by atoms with Crippen LogP contribution in [-0.2, 0) is 19.6 Å². The van der Waals surface area contributed by atoms with Gasteiger partial charge in [-0.1, -0.05) is 12.1 Å². The number of nitrogens with one attached hydrogen (secondary N) is 1. The van der Waals surface area contributed by atoms with Crippen LogP contribution < -0.4 is 14.4 Å². The fraction of sp³-hybridized carbons (Fsp3) is 0.429. The van der Waals surface area contributed by atoms with Gasteiger partial charge in [0.1, 0.15) is 0 Å². The van der Waals surface area contributed by atoms with E-state index in [0.29, 0.717) is 33.4 Å². The molecule has 0 spiro atoms. The van der Waals surface area contributed by atoms with Crippen molar-refractivity contribution in [3.63, 3.8) is 0 Å². The molecule has 1 saturated heterocycles. The zero-order chi connectivity index (χ0) is 24.2. The number of halogens is 1. The standard InChI is InChI=1S/C21H25BrN2O7S2/c1-3-33(28,29)24(14-7-9-23-10-8-14)15-6-4-5-13(11-15)19-17(22)18(20(32-19)21(26)27)31-12-16(25)30-2/h4-6,11,14,23H,3,7-10,12H2,1-2H3,(H,26,27). The van der Waals surface area contributed by atoms with Gasteiger partial charge in [-0.25, -0.2) is 18.0 Å². The van der Waals surface area contributed by atoms with Crippen LogP contribution >= 0.6 is 27.3 Å². The summed E-state index contributed by atoms with van der Waals surface area (Å²) in [5.41, 5.74) is 1.15. The minimum Gasteiger partial charge on any atom is -0.479 e. The Balaban J connectivity index is 2.05. The summed E-state index contributed by atoms with van der Waals surface area (Å²) in [6, 6.07) is 6.83. The highest BCUT2D eigenvalue weighted by Crippen LogP contribution is 2.46. The number of carboxylic acids is 1. The normalized spacial score (nSPS) is 14.6. The summed E-state index contributed by atoms with van der Waals surface area (Å²) in [4.78, 5) is 23.7. The number of carbonyl (C=O) groups excluding carboxylic acids is 1. The number of piperidine rings is 1. The van der Waals surface area contributed by atoms with Gasteiger partial charge in [-0.3, -0.25) is 4.31 Å². The van der Waals surface area contributed by atoms with Crippen LogP contribution in [0, 0.1) is 0 Å². The molecule has 1 aromatic heterocycles. The quantitative estimate of drug-likeness (QED) is 0.448. The van der Waals surface area contributed by atoms with Crippen LogP contribution in [0.4, 0.5) is 5.69 Å². The fourth-order valence-electron chi connectivity index (χ4n) is 3.60. The Kier molecular flexibility index (Phi) is 8.38. The van der Waals surface area contributed by atoms with Gasteiger partial charge in [0.15, 0.2) is 17.2 Å². The van der Waals surface area contributed by atoms with Crippen molar-refractivity contribution in [2.75, 3.05) is 36.9 Å². The third-order valence-electron chi connectivity index (χ3n) is 5.23. The molecular weight excluding hydrogens is 536 g/mol. The maximum Gasteiger partial charge on any atom is 0.349 e. The molecule has 0 saturated carbocycles. The number of esters is 1. The maximum atomic E-state index is 13.0. The number of thiophene rings is 1. The van der Waals surface area contributed by atoms with Crippen LogP contribution in [0.1, 0.15) is 29.4 Å². The molecular formula is C21H25BrN2O7S2. The molecule has 2 N–H and O–H groups in total. The zero-order valence-corrected chi connectivity index (χ0v) is 21.4. The molecule has 0 amide bonds. The Hall–Kier alpha value is -2.15. The molecule has 12 heteroatoms. The predicted molar refractivity (Wildman–Crippen MR) is 130 cm³/mol. The van der Waals surface area contributed by atoms with Crippen molar-refractivity contribution >= 4 is 54.9 Å². The second-order valence-corrected chi connectivity index (χ2v) is 11.2. The molecule has 2 aromatic rings. The van der Waals surface area contributed by atoms with Crippen molar-refractivity contribution in [2.45, 2.75) is 25.8 Å². The third kappa shape index (κ3) is 5.68. The number of benzene rings is 1. The van der Waals surface area contributed by atoms with Crippen LogP contribution in [0.25, 0.3) is 10.4 Å². The molecule has 3 rings (SSSR count). The number of aromatic carboxylic acids is 1. The molecule has 0 aliphatic carbocycles. The lowest BCUT2D eigenvalue weighted by Crippen LogP contribution is -2.46. The highest BCUT2D eigenvalue weighted by atomic mass is 79.9. The second kappa shape index (κ2) is 10.9. The van der Waals surface area contributed by atoms with E-state index >= 15 is 0 Å². The number of sulfonamides is 1. The van der Waals surface area contributed by atoms with Crippen molar-refractivity contribution < 1.29 is 32.6 Å². The number of carboxylic acid groups (broad SMARTS) is 1. The molecule has 1 aromatic carbocycles. The van der Waals surface area contributed by atoms with E-state index in [2.05, 4.69) is 26.0 Å². The molecule has 1 fully saturated rings. The van der Waals surface area contributed by atoms with E-state index in [-0.39, 0.29) is 22.4 Å². The van der Waals surface area contributed by atoms with E-state index in [9.17, 15) is 23.1 Å². The number of hydrogen-bond donors (Lipinski definition) is 2. The number of ether oxygens (including phenoxy) is 2. The number of anilines is 1. The van der Waals surface area contributed by atoms with Gasteiger partial charge in [-0.2, -0.15) is 0 Å². The van der Waals surface area contributed by atoms with Crippen molar-refractivity contribution in [3.05, 3.63) is 33.6 Å². The van der Waals surface area contributed by atoms with E-state index < -0.39 is 28.6 Å². The number of rotatable bonds is 9. The Morgan fingerprint density at radius 2 is 2.00 bits per heavy atom. The molecule has 9 nitrogen and oxygen atoms in total. The lowest BCUT2D eigenvalue weighted by Gasteiger charge is -2.35. The first kappa shape index (κ1) is 25.5. The van der Waals surface area contributed by atoms with Gasteiger partial charge in [0, 0.05) is 6.04 Å². The van der Waals surface area contributed by atoms with Crippen molar-refractivity contribution in [1.29, 1.82) is 0 Å². The lowest BCUT2D eigenvalue weighted by atomic mass is 10.1. The van der Waals surface area contributed by atoms with Crippen LogP contribution in [0.5, 0.6) is 5.75 Å². The summed E-state index contributed by atoms with van der Waals surface area (Å²) in [5, 5.41) is 12.9. The molecule has 0 atom stereocenters. The Bertz CT molecular complexity index is 1130. The van der Waals surface area contributed by atoms with Gasteiger partial charge in [-0.05, 0) is 66.5 Å². The topological polar surface area (TPSA) is 122 Å². The molecule has 2 heterocycles. The van der Waals surface area contributed by atoms with Crippen molar-refractivity contribution in [1.82, 2.24) is 5.32 Å². The van der Waals surface area contributed by atoms with E-state index in [1.807, 2.05) is 0 Å². The number of carbonyl (C=O) groups is 2. The molecule has 0 unspecified atom stereocenters. The largest absolute Gasteiger partial charge is 0.479 e. The molecule has 1 aliphatic heterocycles. The molecule has 33 heavy (non-hydrogen) atoms. The van der Waals surface area contributed by atoms with Crippen molar-refractivity contribution in [3.8, 4) is 16.2 Å². The van der Waals surface area contributed by atoms with Crippen molar-refractivity contribution in [2.24, 2.45) is 0 Å². The average molecular weight is 561 g/mol. The highest BCUT2D eigenvalue weighted by Gasteiger charge is 2.31. The maximum absolute atomic E-state index is 13.0. The van der Waals surface area contributed by atoms with E-state index in [1.165, 1.54) is 11.4 Å². The average Bonchev–Trinajstić information content (AvgIpc) is 3.14. The highest BCUT2D eigenvalue weighted by molar-refractivity contribution is 9.10. The first-order chi connectivity index (χ1) is 15.7. The van der Waals surface area contributed by atoms with Gasteiger partial charge in [0.25, 0.3) is 0 Å². The number of hydrogen-bond acceptors (Lipinski definition) is 8. The Morgan fingerprint density at radius 1 is 1.30 bits per heavy atom. The van der Waals surface area contributed by atoms with Crippen LogP contribution in [0.3, 0.4) is 0 Å². The lowest BCUT2D eigenvalue weighted by molar-refractivity contribution is -0.142. The monoisotopic (exact) mass is 560 g/mol. The minimum atomic E-state index is -3.53. The van der Waals surface area contributed by atoms with Crippen LogP contribution in [0.15, 0.2) is 28.7 Å². The van der Waals surface area contributed by atoms with Gasteiger partial charge >= 0.3 is 11.9 Å². The van der Waals surface area contributed by atoms with Gasteiger partial charge in [0.2, 0.25) is 10.0 Å². The number of methoxy groups -OCH3 is 1. The van der Waals surface area contributed by atoms with Gasteiger partial charge in [-0.15, -0.1) is 11.3 Å². The molecule has 180 valence electrons. The van der Waals surface area contributed by atoms with Crippen LogP contribution in [-0.4, -0.2) is 64.1 Å². The summed E-state index contributed by atoms with van der Waals surface area (Å²) in [7, 11) is -2.32. The smallest absolute Gasteiger partial charge is 0.349 e. The molecule has 0 radical (unpaired) electrons. The summed E-state index contributed by atoms with van der Waals surface area (Å²) in [6.07, 6.45) is 1.39. The summed E-state index contributed by atoms with van der Waals surface area (Å²) in [5.74, 6) is -1.85. The number of nitrogens with zero attached hydrogens (tertiary/aromatic N) is 1. The van der Waals surface area contributed by atoms with E-state index in [1.54, 1.807) is 31.2 Å². The minimum absolute atomic E-state index is 0.0229. The zero-order valence-electron chi connectivity index (χ0n) is 18.2. The molecule has 0 bridgehead atoms. The molecule has 1 aliphatic rings. The first-order valence-electron chi connectivity index (χ1n) is 10.3. The fourth-order valence-corrected chi connectivity index (χ4v) is 6.87. The Morgan fingerprint density at radius 3 is 2.61 bits per heavy atom. The Labute approximate surface area is 204 Å². The van der Waals surface area contributed by atoms with E-state index in [0.717, 1.165) is 24.4 Å². The predicted octanol–water partition coefficient (Wildman–Crippen LogP) is 3.34. The van der Waals surface area contributed by atoms with Crippen LogP contribution in [0.2, 0.25) is 0 Å². The first-order valence-corrected chi connectivity index (χ1v) is 13.5. The summed E-state index contributed by atoms with van der Waals surface area (Å²) < 4.78 is 37.8. The van der Waals surface area contributed by atoms with E-state index in [4.69, 9.17) is 4.74 Å². The second-order valence-electron chi connectivity index (χ2n) is 7.30. The third-order valence-corrected chi connectivity index (χ3v) is 9.30.